The molecule has 3 heterocycles. The number of hydrogen-bond acceptors (Lipinski definition) is 5. The highest BCUT2D eigenvalue weighted by atomic mass is 16.6. The van der Waals surface area contributed by atoms with Crippen LogP contribution in [0, 0.1) is 6.92 Å². The van der Waals surface area contributed by atoms with Crippen LogP contribution in [-0.4, -0.2) is 72.3 Å². The topological polar surface area (TPSA) is 54.9 Å². The first-order valence-electron chi connectivity index (χ1n) is 8.25. The van der Waals surface area contributed by atoms with Gasteiger partial charge in [-0.15, -0.1) is 0 Å². The third-order valence-corrected chi connectivity index (χ3v) is 4.48. The molecule has 2 aliphatic rings. The van der Waals surface area contributed by atoms with Crippen LogP contribution in [0.15, 0.2) is 18.2 Å². The molecule has 3 rings (SSSR count). The molecular weight excluding hydrogens is 294 g/mol. The van der Waals surface area contributed by atoms with Gasteiger partial charge in [-0.25, -0.2) is 0 Å². The number of aromatic nitrogens is 1. The van der Waals surface area contributed by atoms with Crippen molar-refractivity contribution in [2.75, 3.05) is 46.0 Å². The molecular formula is C17H25N3O3. The molecule has 1 spiro atoms. The minimum absolute atomic E-state index is 0.0641. The van der Waals surface area contributed by atoms with E-state index in [0.717, 1.165) is 31.0 Å². The lowest BCUT2D eigenvalue weighted by atomic mass is 10.0. The van der Waals surface area contributed by atoms with Crippen LogP contribution in [0.25, 0.3) is 0 Å². The van der Waals surface area contributed by atoms with Crippen molar-refractivity contribution in [2.45, 2.75) is 26.0 Å². The Morgan fingerprint density at radius 2 is 2.22 bits per heavy atom. The summed E-state index contributed by atoms with van der Waals surface area (Å²) < 4.78 is 11.7. The first-order valence-corrected chi connectivity index (χ1v) is 8.25. The molecule has 0 unspecified atom stereocenters. The van der Waals surface area contributed by atoms with Crippen molar-refractivity contribution in [1.82, 2.24) is 14.8 Å². The van der Waals surface area contributed by atoms with E-state index in [1.165, 1.54) is 0 Å². The van der Waals surface area contributed by atoms with E-state index in [0.29, 0.717) is 26.3 Å². The van der Waals surface area contributed by atoms with Crippen molar-refractivity contribution in [2.24, 2.45) is 0 Å². The average Bonchev–Trinajstić information content (AvgIpc) is 2.72. The molecule has 2 saturated heterocycles. The van der Waals surface area contributed by atoms with Gasteiger partial charge in [0, 0.05) is 31.9 Å². The molecule has 126 valence electrons. The van der Waals surface area contributed by atoms with Gasteiger partial charge in [-0.2, -0.15) is 0 Å². The van der Waals surface area contributed by atoms with E-state index in [9.17, 15) is 4.79 Å². The second-order valence-corrected chi connectivity index (χ2v) is 6.41. The third-order valence-electron chi connectivity index (χ3n) is 4.48. The van der Waals surface area contributed by atoms with Gasteiger partial charge in [0.05, 0.1) is 25.5 Å². The molecule has 1 aromatic rings. The third kappa shape index (κ3) is 3.88. The number of nitrogens with zero attached hydrogens (tertiary/aromatic N) is 3. The molecule has 0 aliphatic carbocycles. The highest BCUT2D eigenvalue weighted by Crippen LogP contribution is 2.23. The van der Waals surface area contributed by atoms with Crippen LogP contribution < -0.4 is 0 Å². The van der Waals surface area contributed by atoms with Crippen LogP contribution in [0.1, 0.15) is 18.3 Å². The summed E-state index contributed by atoms with van der Waals surface area (Å²) >= 11 is 0. The lowest BCUT2D eigenvalue weighted by molar-refractivity contribution is -0.172. The van der Waals surface area contributed by atoms with Crippen LogP contribution in [0.3, 0.4) is 0 Å². The molecule has 0 bridgehead atoms. The summed E-state index contributed by atoms with van der Waals surface area (Å²) in [6.45, 7) is 9.06. The fourth-order valence-electron chi connectivity index (χ4n) is 3.29. The molecule has 2 fully saturated rings. The molecule has 23 heavy (non-hydrogen) atoms. The van der Waals surface area contributed by atoms with Gasteiger partial charge in [-0.05, 0) is 26.0 Å². The highest BCUT2D eigenvalue weighted by molar-refractivity contribution is 5.78. The number of carbonyl (C=O) groups excluding carboxylic acids is 1. The minimum atomic E-state index is -0.426. The maximum atomic E-state index is 11.9. The molecule has 0 aromatic carbocycles. The summed E-state index contributed by atoms with van der Waals surface area (Å²) in [6, 6.07) is 6.09. The molecule has 1 aromatic heterocycles. The van der Waals surface area contributed by atoms with Crippen LogP contribution in [0.2, 0.25) is 0 Å². The number of carbonyl (C=O) groups is 1. The molecule has 6 heteroatoms. The van der Waals surface area contributed by atoms with Gasteiger partial charge in [0.2, 0.25) is 5.91 Å². The number of morpholine rings is 1. The summed E-state index contributed by atoms with van der Waals surface area (Å²) in [5, 5.41) is 0. The Hall–Kier alpha value is -1.50. The van der Waals surface area contributed by atoms with Crippen molar-refractivity contribution in [1.29, 1.82) is 0 Å². The van der Waals surface area contributed by atoms with Crippen molar-refractivity contribution in [3.05, 3.63) is 29.6 Å². The number of pyridine rings is 1. The fourth-order valence-corrected chi connectivity index (χ4v) is 3.29. The predicted molar refractivity (Wildman–Crippen MR) is 86.0 cm³/mol. The zero-order valence-electron chi connectivity index (χ0n) is 14.0. The van der Waals surface area contributed by atoms with Gasteiger partial charge in [0.25, 0.3) is 0 Å². The van der Waals surface area contributed by atoms with E-state index in [1.807, 2.05) is 30.9 Å². The maximum Gasteiger partial charge on any atom is 0.248 e. The first-order chi connectivity index (χ1) is 11.1. The smallest absolute Gasteiger partial charge is 0.248 e. The molecule has 0 N–H and O–H groups in total. The first kappa shape index (κ1) is 16.4. The monoisotopic (exact) mass is 319 g/mol. The standard InChI is InChI=1S/C17H25N3O3/c1-3-20-12-17(23-10-16(20)21)11-19(7-8-22-13-17)9-15-6-4-5-14(2)18-15/h4-6H,3,7-13H2,1-2H3/t17-/m0/s1. The Kier molecular flexibility index (Phi) is 4.94. The SMILES string of the molecule is CCN1C[C@@]2(COCCN(Cc3cccc(C)n3)C2)OCC1=O. The van der Waals surface area contributed by atoms with E-state index in [1.54, 1.807) is 0 Å². The number of rotatable bonds is 3. The number of hydrogen-bond donors (Lipinski definition) is 0. The fraction of sp³-hybridized carbons (Fsp3) is 0.647. The highest BCUT2D eigenvalue weighted by Gasteiger charge is 2.42. The van der Waals surface area contributed by atoms with Crippen molar-refractivity contribution in [3.8, 4) is 0 Å². The predicted octanol–water partition coefficient (Wildman–Crippen LogP) is 0.840. The number of likely N-dealkylation sites (N-methyl/N-ethyl adjacent to an activating group) is 1. The van der Waals surface area contributed by atoms with Crippen molar-refractivity contribution < 1.29 is 14.3 Å². The number of aryl methyl sites for hydroxylation is 1. The second kappa shape index (κ2) is 6.95. The minimum Gasteiger partial charge on any atom is -0.377 e. The lowest BCUT2D eigenvalue weighted by Gasteiger charge is -2.42. The zero-order chi connectivity index (χ0) is 16.3. The Morgan fingerprint density at radius 1 is 1.35 bits per heavy atom. The van der Waals surface area contributed by atoms with Crippen LogP contribution in [0.4, 0.5) is 0 Å². The van der Waals surface area contributed by atoms with E-state index < -0.39 is 5.60 Å². The molecule has 1 amide bonds. The average molecular weight is 319 g/mol. The Morgan fingerprint density at radius 3 is 3.00 bits per heavy atom. The van der Waals surface area contributed by atoms with Crippen LogP contribution in [0.5, 0.6) is 0 Å². The summed E-state index contributed by atoms with van der Waals surface area (Å²) in [7, 11) is 0. The van der Waals surface area contributed by atoms with Gasteiger partial charge < -0.3 is 14.4 Å². The molecule has 1 atom stereocenters. The van der Waals surface area contributed by atoms with Gasteiger partial charge in [-0.3, -0.25) is 14.7 Å². The normalized spacial score (nSPS) is 26.5. The van der Waals surface area contributed by atoms with Gasteiger partial charge in [0.15, 0.2) is 0 Å². The van der Waals surface area contributed by atoms with Crippen LogP contribution in [-0.2, 0) is 20.8 Å². The van der Waals surface area contributed by atoms with Gasteiger partial charge >= 0.3 is 0 Å². The van der Waals surface area contributed by atoms with Crippen molar-refractivity contribution >= 4 is 5.91 Å². The van der Waals surface area contributed by atoms with Gasteiger partial charge in [0.1, 0.15) is 12.2 Å². The summed E-state index contributed by atoms with van der Waals surface area (Å²) in [5.74, 6) is 0.0641. The lowest BCUT2D eigenvalue weighted by Crippen LogP contribution is -2.60. The Labute approximate surface area is 137 Å². The molecule has 0 saturated carbocycles. The maximum absolute atomic E-state index is 11.9. The largest absolute Gasteiger partial charge is 0.377 e. The van der Waals surface area contributed by atoms with E-state index >= 15 is 0 Å². The molecule has 6 nitrogen and oxygen atoms in total. The Bertz CT molecular complexity index is 566. The number of amides is 1. The molecule has 2 aliphatic heterocycles. The zero-order valence-corrected chi connectivity index (χ0v) is 14.0. The Balaban J connectivity index is 1.72. The van der Waals surface area contributed by atoms with E-state index in [4.69, 9.17) is 9.47 Å². The second-order valence-electron chi connectivity index (χ2n) is 6.41. The quantitative estimate of drug-likeness (QED) is 0.826. The summed E-state index contributed by atoms with van der Waals surface area (Å²) in [5.41, 5.74) is 1.66. The van der Waals surface area contributed by atoms with Crippen LogP contribution >= 0.6 is 0 Å². The summed E-state index contributed by atoms with van der Waals surface area (Å²) in [6.07, 6.45) is 0. The summed E-state index contributed by atoms with van der Waals surface area (Å²) in [4.78, 5) is 20.7. The number of ether oxygens (including phenoxy) is 2. The molecule has 0 radical (unpaired) electrons. The van der Waals surface area contributed by atoms with Crippen molar-refractivity contribution in [3.63, 3.8) is 0 Å². The van der Waals surface area contributed by atoms with Gasteiger partial charge in [-0.1, -0.05) is 6.07 Å². The van der Waals surface area contributed by atoms with E-state index in [-0.39, 0.29) is 12.5 Å². The van der Waals surface area contributed by atoms with E-state index in [2.05, 4.69) is 16.0 Å².